The van der Waals surface area contributed by atoms with Gasteiger partial charge in [-0.05, 0) is 13.2 Å². The molecule has 10 heteroatoms. The highest BCUT2D eigenvalue weighted by Gasteiger charge is 2.39. The highest BCUT2D eigenvalue weighted by Crippen LogP contribution is 2.32. The van der Waals surface area contributed by atoms with Gasteiger partial charge in [0.25, 0.3) is 5.56 Å². The third-order valence-electron chi connectivity index (χ3n) is 2.58. The SMILES string of the molecule is CSc1nc2c(=O)n([C@H](C)CO)c(C(F)(F)F)nc2s1. The van der Waals surface area contributed by atoms with Crippen LogP contribution >= 0.6 is 23.1 Å². The lowest BCUT2D eigenvalue weighted by Gasteiger charge is -2.18. The Balaban J connectivity index is 2.85. The van der Waals surface area contributed by atoms with Crippen LogP contribution in [0, 0.1) is 0 Å². The minimum Gasteiger partial charge on any atom is -0.394 e. The summed E-state index contributed by atoms with van der Waals surface area (Å²) in [5, 5.41) is 9.05. The van der Waals surface area contributed by atoms with Crippen LogP contribution in [0.4, 0.5) is 13.2 Å². The van der Waals surface area contributed by atoms with E-state index in [0.29, 0.717) is 8.91 Å². The average molecular weight is 325 g/mol. The number of aliphatic hydroxyl groups excluding tert-OH is 1. The number of aromatic nitrogens is 3. The second-order valence-corrected chi connectivity index (χ2v) is 6.01. The Labute approximate surface area is 119 Å². The molecular formula is C10H10F3N3O2S2. The summed E-state index contributed by atoms with van der Waals surface area (Å²) in [4.78, 5) is 19.6. The first-order valence-corrected chi connectivity index (χ1v) is 7.48. The molecular weight excluding hydrogens is 315 g/mol. The largest absolute Gasteiger partial charge is 0.449 e. The Morgan fingerprint density at radius 3 is 2.60 bits per heavy atom. The van der Waals surface area contributed by atoms with Crippen molar-refractivity contribution in [3.05, 3.63) is 16.2 Å². The maximum absolute atomic E-state index is 13.0. The number of thioether (sulfide) groups is 1. The van der Waals surface area contributed by atoms with E-state index in [2.05, 4.69) is 9.97 Å². The molecule has 2 aromatic heterocycles. The first-order chi connectivity index (χ1) is 9.29. The van der Waals surface area contributed by atoms with Gasteiger partial charge in [0.05, 0.1) is 12.6 Å². The molecule has 0 aliphatic carbocycles. The van der Waals surface area contributed by atoms with Gasteiger partial charge in [0.1, 0.15) is 0 Å². The highest BCUT2D eigenvalue weighted by molar-refractivity contribution is 8.00. The summed E-state index contributed by atoms with van der Waals surface area (Å²) in [7, 11) is 0. The molecule has 0 aliphatic rings. The summed E-state index contributed by atoms with van der Waals surface area (Å²) >= 11 is 2.16. The standard InChI is InChI=1S/C10H10F3N3O2S2/c1-4(3-17)16-7(18)5-6(20-9(14-5)19-2)15-8(16)10(11,12)13/h4,17H,3H2,1-2H3/t4-/m1/s1. The highest BCUT2D eigenvalue weighted by atomic mass is 32.2. The van der Waals surface area contributed by atoms with Crippen LogP contribution in [-0.4, -0.2) is 32.5 Å². The van der Waals surface area contributed by atoms with E-state index >= 15 is 0 Å². The monoisotopic (exact) mass is 325 g/mol. The van der Waals surface area contributed by atoms with Crippen molar-refractivity contribution in [1.82, 2.24) is 14.5 Å². The molecule has 0 fully saturated rings. The first kappa shape index (κ1) is 15.3. The van der Waals surface area contributed by atoms with Crippen molar-refractivity contribution >= 4 is 33.4 Å². The average Bonchev–Trinajstić information content (AvgIpc) is 2.80. The second kappa shape index (κ2) is 5.34. The predicted molar refractivity (Wildman–Crippen MR) is 70.3 cm³/mol. The van der Waals surface area contributed by atoms with E-state index < -0.39 is 30.2 Å². The molecule has 0 bridgehead atoms. The number of aliphatic hydroxyl groups is 1. The molecule has 0 spiro atoms. The fourth-order valence-electron chi connectivity index (χ4n) is 1.65. The van der Waals surface area contributed by atoms with Crippen LogP contribution in [0.2, 0.25) is 0 Å². The molecule has 0 aliphatic heterocycles. The number of nitrogens with zero attached hydrogens (tertiary/aromatic N) is 3. The van der Waals surface area contributed by atoms with E-state index in [4.69, 9.17) is 5.11 Å². The van der Waals surface area contributed by atoms with Crippen molar-refractivity contribution in [2.75, 3.05) is 12.9 Å². The van der Waals surface area contributed by atoms with Gasteiger partial charge in [0, 0.05) is 0 Å². The van der Waals surface area contributed by atoms with Crippen molar-refractivity contribution < 1.29 is 18.3 Å². The number of halogens is 3. The first-order valence-electron chi connectivity index (χ1n) is 5.44. The molecule has 0 saturated heterocycles. The van der Waals surface area contributed by atoms with Gasteiger partial charge in [-0.15, -0.1) is 0 Å². The zero-order valence-electron chi connectivity index (χ0n) is 10.4. The summed E-state index contributed by atoms with van der Waals surface area (Å²) in [6, 6.07) is -1.03. The minimum absolute atomic E-state index is 0.0481. The molecule has 2 aromatic rings. The smallest absolute Gasteiger partial charge is 0.394 e. The van der Waals surface area contributed by atoms with Crippen LogP contribution in [0.5, 0.6) is 0 Å². The van der Waals surface area contributed by atoms with E-state index in [-0.39, 0.29) is 10.3 Å². The van der Waals surface area contributed by atoms with Gasteiger partial charge in [0.2, 0.25) is 5.82 Å². The van der Waals surface area contributed by atoms with Gasteiger partial charge < -0.3 is 5.11 Å². The van der Waals surface area contributed by atoms with E-state index in [9.17, 15) is 18.0 Å². The summed E-state index contributed by atoms with van der Waals surface area (Å²) in [5.74, 6) is -1.31. The topological polar surface area (TPSA) is 68.0 Å². The van der Waals surface area contributed by atoms with Crippen LogP contribution in [0.3, 0.4) is 0 Å². The zero-order chi connectivity index (χ0) is 15.1. The Bertz CT molecular complexity index is 695. The van der Waals surface area contributed by atoms with Crippen LogP contribution in [0.15, 0.2) is 9.13 Å². The Morgan fingerprint density at radius 1 is 1.45 bits per heavy atom. The van der Waals surface area contributed by atoms with Gasteiger partial charge >= 0.3 is 6.18 Å². The summed E-state index contributed by atoms with van der Waals surface area (Å²) in [5.41, 5.74) is -0.993. The molecule has 1 atom stereocenters. The summed E-state index contributed by atoms with van der Waals surface area (Å²) in [6.07, 6.45) is -3.07. The molecule has 2 heterocycles. The lowest BCUT2D eigenvalue weighted by molar-refractivity contribution is -0.148. The molecule has 0 saturated carbocycles. The van der Waals surface area contributed by atoms with Crippen LogP contribution in [-0.2, 0) is 6.18 Å². The summed E-state index contributed by atoms with van der Waals surface area (Å²) < 4.78 is 40.0. The normalized spacial score (nSPS) is 13.9. The molecule has 110 valence electrons. The number of alkyl halides is 3. The fraction of sp³-hybridized carbons (Fsp3) is 0.500. The number of hydrogen-bond acceptors (Lipinski definition) is 6. The minimum atomic E-state index is -4.78. The molecule has 20 heavy (non-hydrogen) atoms. The molecule has 0 unspecified atom stereocenters. The van der Waals surface area contributed by atoms with E-state index in [1.54, 1.807) is 6.26 Å². The van der Waals surface area contributed by atoms with Crippen LogP contribution < -0.4 is 5.56 Å². The number of rotatable bonds is 3. The molecule has 1 N–H and O–H groups in total. The fourth-order valence-corrected chi connectivity index (χ4v) is 3.06. The number of fused-ring (bicyclic) bond motifs is 1. The number of hydrogen-bond donors (Lipinski definition) is 1. The zero-order valence-corrected chi connectivity index (χ0v) is 12.1. The maximum atomic E-state index is 13.0. The van der Waals surface area contributed by atoms with Gasteiger partial charge in [-0.2, -0.15) is 13.2 Å². The van der Waals surface area contributed by atoms with Gasteiger partial charge in [-0.25, -0.2) is 9.97 Å². The molecule has 0 aromatic carbocycles. The molecule has 2 rings (SSSR count). The lowest BCUT2D eigenvalue weighted by Crippen LogP contribution is -2.33. The lowest BCUT2D eigenvalue weighted by atomic mass is 10.3. The van der Waals surface area contributed by atoms with Crippen LogP contribution in [0.25, 0.3) is 10.3 Å². The van der Waals surface area contributed by atoms with E-state index in [1.807, 2.05) is 0 Å². The van der Waals surface area contributed by atoms with Crippen molar-refractivity contribution in [3.8, 4) is 0 Å². The maximum Gasteiger partial charge on any atom is 0.449 e. The van der Waals surface area contributed by atoms with E-state index in [0.717, 1.165) is 11.3 Å². The Kier molecular flexibility index (Phi) is 4.07. The van der Waals surface area contributed by atoms with Crippen molar-refractivity contribution in [2.24, 2.45) is 0 Å². The van der Waals surface area contributed by atoms with Crippen molar-refractivity contribution in [1.29, 1.82) is 0 Å². The van der Waals surface area contributed by atoms with Gasteiger partial charge in [0.15, 0.2) is 14.7 Å². The predicted octanol–water partition coefficient (Wildman–Crippen LogP) is 2.15. The second-order valence-electron chi connectivity index (χ2n) is 3.98. The molecule has 5 nitrogen and oxygen atoms in total. The van der Waals surface area contributed by atoms with Gasteiger partial charge in [-0.1, -0.05) is 23.1 Å². The molecule has 0 amide bonds. The molecule has 0 radical (unpaired) electrons. The third-order valence-corrected chi connectivity index (χ3v) is 4.51. The Hall–Kier alpha value is -1.13. The van der Waals surface area contributed by atoms with Gasteiger partial charge in [-0.3, -0.25) is 9.36 Å². The Morgan fingerprint density at radius 2 is 2.10 bits per heavy atom. The third kappa shape index (κ3) is 2.54. The number of thiazole rings is 1. The summed E-state index contributed by atoms with van der Waals surface area (Å²) in [6.45, 7) is 0.710. The quantitative estimate of drug-likeness (QED) is 0.876. The van der Waals surface area contributed by atoms with E-state index in [1.165, 1.54) is 18.7 Å². The van der Waals surface area contributed by atoms with Crippen molar-refractivity contribution in [2.45, 2.75) is 23.5 Å². The van der Waals surface area contributed by atoms with Crippen LogP contribution in [0.1, 0.15) is 18.8 Å². The van der Waals surface area contributed by atoms with Crippen molar-refractivity contribution in [3.63, 3.8) is 0 Å².